The third-order valence-corrected chi connectivity index (χ3v) is 7.42. The molecule has 1 atom stereocenters. The molecule has 14 heteroatoms. The summed E-state index contributed by atoms with van der Waals surface area (Å²) in [7, 11) is 0. The van der Waals surface area contributed by atoms with Crippen molar-refractivity contribution >= 4 is 64.5 Å². The molecule has 1 unspecified atom stereocenters. The Balaban J connectivity index is 0.000000267. The zero-order valence-corrected chi connectivity index (χ0v) is 25.5. The summed E-state index contributed by atoms with van der Waals surface area (Å²) in [5, 5.41) is 14.6. The van der Waals surface area contributed by atoms with Gasteiger partial charge < -0.3 is 19.9 Å². The van der Waals surface area contributed by atoms with E-state index in [1.807, 2.05) is 24.6 Å². The number of ether oxygens (including phenoxy) is 2. The molecule has 10 nitrogen and oxygen atoms in total. The number of hydrogen-bond donors (Lipinski definition) is 2. The molecule has 1 aliphatic rings. The Kier molecular flexibility index (Phi) is 12.3. The fourth-order valence-electron chi connectivity index (χ4n) is 3.83. The topological polar surface area (TPSA) is 136 Å². The number of nitrogens with one attached hydrogen (secondary N) is 1. The quantitative estimate of drug-likeness (QED) is 0.141. The summed E-state index contributed by atoms with van der Waals surface area (Å²) in [6, 6.07) is 3.93. The maximum atomic E-state index is 12.2. The number of rotatable bonds is 9. The lowest BCUT2D eigenvalue weighted by Crippen LogP contribution is -2.23. The van der Waals surface area contributed by atoms with Gasteiger partial charge in [-0.1, -0.05) is 52.8 Å². The summed E-state index contributed by atoms with van der Waals surface area (Å²) in [5.74, 6) is -0.456. The number of aliphatic hydroxyl groups excluding tert-OH is 1. The zero-order chi connectivity index (χ0) is 29.2. The van der Waals surface area contributed by atoms with Gasteiger partial charge in [-0.25, -0.2) is 29.5 Å². The van der Waals surface area contributed by atoms with E-state index in [0.717, 1.165) is 29.5 Å². The number of nitrogens with zero attached hydrogens (tertiary/aromatic N) is 4. The van der Waals surface area contributed by atoms with Gasteiger partial charge in [0.25, 0.3) is 0 Å². The summed E-state index contributed by atoms with van der Waals surface area (Å²) in [6.07, 6.45) is 8.12. The van der Waals surface area contributed by atoms with E-state index < -0.39 is 11.9 Å². The second kappa shape index (κ2) is 15.4. The van der Waals surface area contributed by atoms with E-state index in [1.54, 1.807) is 13.8 Å². The maximum Gasteiger partial charge on any atom is 0.343 e. The summed E-state index contributed by atoms with van der Waals surface area (Å²) in [4.78, 5) is 39.9. The van der Waals surface area contributed by atoms with E-state index in [4.69, 9.17) is 32.7 Å². The molecule has 2 N–H and O–H groups in total. The van der Waals surface area contributed by atoms with Crippen LogP contribution in [-0.4, -0.2) is 68.7 Å². The standard InChI is InChI=1S/C18H20ClN3O3S.C8H9ClN2O2S/c1-3-25-17(24)14-8-20-18(26-2)22-16(14)21-13-5-10-4-12(9-23)15(19)7-11(10)6-13;1-3-13-7(12)5-4-10-8(14-2)11-6(5)9/h4,7-8,13,23H,3,5-6,9H2,1-2H3,(H,20,21,22);4H,3H2,1-2H3. The fourth-order valence-corrected chi connectivity index (χ4v) is 5.02. The highest BCUT2D eigenvalue weighted by Gasteiger charge is 2.25. The van der Waals surface area contributed by atoms with Gasteiger partial charge in [0.2, 0.25) is 0 Å². The molecule has 1 aromatic carbocycles. The number of esters is 2. The second-order valence-corrected chi connectivity index (χ2v) is 10.6. The SMILES string of the molecule is CCOC(=O)c1cnc(SC)nc1Cl.CCOC(=O)c1cnc(SC)nc1NC1Cc2cc(Cl)c(CO)cc2C1. The molecule has 0 aliphatic heterocycles. The van der Waals surface area contributed by atoms with Crippen LogP contribution in [0.4, 0.5) is 5.82 Å². The molecular weight excluding hydrogens is 597 g/mol. The third kappa shape index (κ3) is 8.20. The largest absolute Gasteiger partial charge is 0.462 e. The minimum Gasteiger partial charge on any atom is -0.462 e. The summed E-state index contributed by atoms with van der Waals surface area (Å²) < 4.78 is 9.88. The molecule has 0 saturated carbocycles. The molecule has 214 valence electrons. The normalized spacial score (nSPS) is 13.6. The molecular formula is C26H29Cl2N5O5S2. The number of thioether (sulfide) groups is 2. The molecule has 0 amide bonds. The van der Waals surface area contributed by atoms with Crippen molar-refractivity contribution < 1.29 is 24.2 Å². The first-order valence-corrected chi connectivity index (χ1v) is 15.4. The van der Waals surface area contributed by atoms with Gasteiger partial charge in [-0.2, -0.15) is 0 Å². The van der Waals surface area contributed by atoms with Crippen LogP contribution < -0.4 is 5.32 Å². The highest BCUT2D eigenvalue weighted by atomic mass is 35.5. The lowest BCUT2D eigenvalue weighted by Gasteiger charge is -2.16. The molecule has 0 spiro atoms. The van der Waals surface area contributed by atoms with Crippen molar-refractivity contribution in [3.05, 3.63) is 62.5 Å². The highest BCUT2D eigenvalue weighted by molar-refractivity contribution is 7.98. The molecule has 0 radical (unpaired) electrons. The van der Waals surface area contributed by atoms with E-state index in [-0.39, 0.29) is 23.4 Å². The molecule has 0 bridgehead atoms. The number of halogens is 2. The number of fused-ring (bicyclic) bond motifs is 1. The van der Waals surface area contributed by atoms with Crippen molar-refractivity contribution in [2.75, 3.05) is 31.0 Å². The summed E-state index contributed by atoms with van der Waals surface area (Å²) in [6.45, 7) is 4.00. The zero-order valence-electron chi connectivity index (χ0n) is 22.4. The number of anilines is 1. The average Bonchev–Trinajstić information content (AvgIpc) is 3.33. The Morgan fingerprint density at radius 3 is 2.05 bits per heavy atom. The van der Waals surface area contributed by atoms with Crippen LogP contribution in [0.15, 0.2) is 34.8 Å². The lowest BCUT2D eigenvalue weighted by atomic mass is 10.1. The first-order valence-electron chi connectivity index (χ1n) is 12.2. The van der Waals surface area contributed by atoms with Crippen molar-refractivity contribution in [3.8, 4) is 0 Å². The predicted octanol–water partition coefficient (Wildman–Crippen LogP) is 5.13. The van der Waals surface area contributed by atoms with Crippen LogP contribution in [0.2, 0.25) is 10.2 Å². The molecule has 40 heavy (non-hydrogen) atoms. The van der Waals surface area contributed by atoms with Gasteiger partial charge in [0, 0.05) is 23.5 Å². The Bertz CT molecular complexity index is 1370. The van der Waals surface area contributed by atoms with Gasteiger partial charge in [-0.05, 0) is 62.0 Å². The van der Waals surface area contributed by atoms with Crippen LogP contribution in [0.1, 0.15) is 51.3 Å². The van der Waals surface area contributed by atoms with E-state index in [0.29, 0.717) is 39.9 Å². The number of benzene rings is 1. The van der Waals surface area contributed by atoms with Gasteiger partial charge in [0.15, 0.2) is 10.3 Å². The number of aromatic nitrogens is 4. The summed E-state index contributed by atoms with van der Waals surface area (Å²) in [5.41, 5.74) is 3.54. The Hall–Kier alpha value is -2.64. The fraction of sp³-hybridized carbons (Fsp3) is 0.385. The van der Waals surface area contributed by atoms with Gasteiger partial charge >= 0.3 is 11.9 Å². The van der Waals surface area contributed by atoms with Crippen LogP contribution in [0.25, 0.3) is 0 Å². The van der Waals surface area contributed by atoms with Crippen molar-refractivity contribution in [2.24, 2.45) is 0 Å². The van der Waals surface area contributed by atoms with Crippen LogP contribution in [0, 0.1) is 0 Å². The van der Waals surface area contributed by atoms with E-state index in [1.165, 1.54) is 35.9 Å². The molecule has 0 fully saturated rings. The lowest BCUT2D eigenvalue weighted by molar-refractivity contribution is 0.0516. The minimum absolute atomic E-state index is 0.0767. The highest BCUT2D eigenvalue weighted by Crippen LogP contribution is 2.31. The van der Waals surface area contributed by atoms with Crippen molar-refractivity contribution in [1.82, 2.24) is 19.9 Å². The minimum atomic E-state index is -0.495. The molecule has 3 aromatic rings. The molecule has 2 aromatic heterocycles. The number of carbonyl (C=O) groups is 2. The van der Waals surface area contributed by atoms with Gasteiger partial charge in [0.05, 0.1) is 19.8 Å². The van der Waals surface area contributed by atoms with E-state index >= 15 is 0 Å². The molecule has 2 heterocycles. The average molecular weight is 627 g/mol. The van der Waals surface area contributed by atoms with E-state index in [2.05, 4.69) is 25.3 Å². The monoisotopic (exact) mass is 625 g/mol. The number of carbonyl (C=O) groups excluding carboxylic acids is 2. The van der Waals surface area contributed by atoms with Crippen LogP contribution in [-0.2, 0) is 28.9 Å². The summed E-state index contributed by atoms with van der Waals surface area (Å²) >= 11 is 14.7. The first kappa shape index (κ1) is 31.9. The predicted molar refractivity (Wildman–Crippen MR) is 157 cm³/mol. The Labute approximate surface area is 251 Å². The maximum absolute atomic E-state index is 12.2. The first-order chi connectivity index (χ1) is 19.2. The molecule has 4 rings (SSSR count). The Morgan fingerprint density at radius 2 is 1.50 bits per heavy atom. The molecule has 1 aliphatic carbocycles. The Morgan fingerprint density at radius 1 is 0.950 bits per heavy atom. The van der Waals surface area contributed by atoms with Crippen LogP contribution >= 0.6 is 46.7 Å². The van der Waals surface area contributed by atoms with E-state index in [9.17, 15) is 14.7 Å². The smallest absolute Gasteiger partial charge is 0.343 e. The van der Waals surface area contributed by atoms with Crippen LogP contribution in [0.3, 0.4) is 0 Å². The second-order valence-electron chi connectivity index (χ2n) is 8.24. The van der Waals surface area contributed by atoms with Crippen molar-refractivity contribution in [3.63, 3.8) is 0 Å². The van der Waals surface area contributed by atoms with Crippen molar-refractivity contribution in [2.45, 2.75) is 49.7 Å². The third-order valence-electron chi connectivity index (χ3n) is 5.66. The van der Waals surface area contributed by atoms with Gasteiger partial charge in [0.1, 0.15) is 22.1 Å². The molecule has 0 saturated heterocycles. The van der Waals surface area contributed by atoms with Gasteiger partial charge in [-0.3, -0.25) is 0 Å². The number of aliphatic hydroxyl groups is 1. The van der Waals surface area contributed by atoms with Gasteiger partial charge in [-0.15, -0.1) is 0 Å². The van der Waals surface area contributed by atoms with Crippen LogP contribution in [0.5, 0.6) is 0 Å². The number of hydrogen-bond acceptors (Lipinski definition) is 12. The van der Waals surface area contributed by atoms with Crippen molar-refractivity contribution in [1.29, 1.82) is 0 Å².